The zero-order chi connectivity index (χ0) is 25.5. The minimum absolute atomic E-state index is 0.118. The number of benzene rings is 3. The first kappa shape index (κ1) is 25.8. The van der Waals surface area contributed by atoms with E-state index in [1.165, 1.54) is 5.56 Å². The minimum Gasteiger partial charge on any atom is -0.371 e. The van der Waals surface area contributed by atoms with Crippen LogP contribution in [0.5, 0.6) is 0 Å². The van der Waals surface area contributed by atoms with Gasteiger partial charge in [-0.3, -0.25) is 9.59 Å². The van der Waals surface area contributed by atoms with Crippen molar-refractivity contribution in [1.29, 1.82) is 0 Å². The van der Waals surface area contributed by atoms with Crippen molar-refractivity contribution < 1.29 is 9.59 Å². The van der Waals surface area contributed by atoms with Gasteiger partial charge in [-0.25, -0.2) is 0 Å². The van der Waals surface area contributed by atoms with E-state index in [4.69, 9.17) is 11.6 Å². The van der Waals surface area contributed by atoms with Crippen LogP contribution < -0.4 is 15.5 Å². The highest BCUT2D eigenvalue weighted by Gasteiger charge is 2.24. The maximum absolute atomic E-state index is 13.2. The van der Waals surface area contributed by atoms with Crippen LogP contribution in [0, 0.1) is 11.8 Å². The van der Waals surface area contributed by atoms with Crippen LogP contribution in [0.4, 0.5) is 11.4 Å². The van der Waals surface area contributed by atoms with Gasteiger partial charge in [0.2, 0.25) is 0 Å². The lowest BCUT2D eigenvalue weighted by Gasteiger charge is -2.35. The van der Waals surface area contributed by atoms with Gasteiger partial charge in [-0.15, -0.1) is 0 Å². The molecule has 0 unspecified atom stereocenters. The summed E-state index contributed by atoms with van der Waals surface area (Å²) >= 11 is 5.94. The second-order valence-corrected chi connectivity index (χ2v) is 10.4. The fourth-order valence-corrected chi connectivity index (χ4v) is 4.72. The molecule has 1 saturated heterocycles. The Morgan fingerprint density at radius 2 is 1.64 bits per heavy atom. The molecule has 0 aliphatic carbocycles. The van der Waals surface area contributed by atoms with E-state index in [9.17, 15) is 9.59 Å². The van der Waals surface area contributed by atoms with Gasteiger partial charge in [-0.05, 0) is 79.1 Å². The molecule has 1 fully saturated rings. The number of anilines is 2. The molecular weight excluding hydrogens is 470 g/mol. The highest BCUT2D eigenvalue weighted by molar-refractivity contribution is 6.30. The smallest absolute Gasteiger partial charge is 0.255 e. The number of piperidine rings is 1. The van der Waals surface area contributed by atoms with Crippen LogP contribution in [-0.2, 0) is 6.42 Å². The van der Waals surface area contributed by atoms with Gasteiger partial charge in [0.15, 0.2) is 0 Å². The topological polar surface area (TPSA) is 61.4 Å². The Kier molecular flexibility index (Phi) is 8.65. The summed E-state index contributed by atoms with van der Waals surface area (Å²) in [5.74, 6) is 0.626. The maximum atomic E-state index is 13.2. The monoisotopic (exact) mass is 503 g/mol. The van der Waals surface area contributed by atoms with E-state index in [2.05, 4.69) is 59.7 Å². The summed E-state index contributed by atoms with van der Waals surface area (Å²) in [6.07, 6.45) is 3.25. The number of carbonyl (C=O) groups excluding carboxylic acids is 2. The molecule has 2 amide bonds. The van der Waals surface area contributed by atoms with E-state index in [1.54, 1.807) is 30.3 Å². The third-order valence-electron chi connectivity index (χ3n) is 6.60. The Morgan fingerprint density at radius 1 is 0.944 bits per heavy atom. The highest BCUT2D eigenvalue weighted by Crippen LogP contribution is 2.30. The fourth-order valence-electron chi connectivity index (χ4n) is 4.59. The fraction of sp³-hybridized carbons (Fsp3) is 0.333. The van der Waals surface area contributed by atoms with Crippen LogP contribution in [0.15, 0.2) is 72.8 Å². The van der Waals surface area contributed by atoms with E-state index >= 15 is 0 Å². The molecule has 1 aliphatic rings. The van der Waals surface area contributed by atoms with Gasteiger partial charge in [0.25, 0.3) is 11.8 Å². The van der Waals surface area contributed by atoms with Crippen molar-refractivity contribution in [3.05, 3.63) is 94.5 Å². The molecular formula is C30H34ClN3O2. The van der Waals surface area contributed by atoms with Crippen LogP contribution in [0.1, 0.15) is 53.0 Å². The van der Waals surface area contributed by atoms with Crippen molar-refractivity contribution in [1.82, 2.24) is 5.32 Å². The van der Waals surface area contributed by atoms with Gasteiger partial charge >= 0.3 is 0 Å². The normalized spacial score (nSPS) is 14.1. The average molecular weight is 504 g/mol. The molecule has 0 aromatic heterocycles. The lowest BCUT2D eigenvalue weighted by atomic mass is 9.89. The van der Waals surface area contributed by atoms with Crippen LogP contribution in [-0.4, -0.2) is 31.4 Å². The molecule has 0 atom stereocenters. The van der Waals surface area contributed by atoms with Gasteiger partial charge in [-0.2, -0.15) is 0 Å². The van der Waals surface area contributed by atoms with Crippen LogP contribution in [0.25, 0.3) is 0 Å². The minimum atomic E-state index is -0.241. The Balaban J connectivity index is 1.49. The number of carbonyl (C=O) groups is 2. The van der Waals surface area contributed by atoms with E-state index in [-0.39, 0.29) is 11.8 Å². The lowest BCUT2D eigenvalue weighted by molar-refractivity contribution is 0.0948. The standard InChI is InChI=1S/C30H34ClN3O2/c1-21(2)20-32-30(36)27-19-26(33-29(35)24-8-10-25(31)11-9-24)12-13-28(27)34-16-14-23(15-17-34)18-22-6-4-3-5-7-22/h3-13,19,21,23H,14-18,20H2,1-2H3,(H,32,36)(H,33,35). The number of rotatable bonds is 8. The molecule has 188 valence electrons. The van der Waals surface area contributed by atoms with E-state index in [1.807, 2.05) is 12.1 Å². The summed E-state index contributed by atoms with van der Waals surface area (Å²) in [7, 11) is 0. The number of hydrogen-bond donors (Lipinski definition) is 2. The highest BCUT2D eigenvalue weighted by atomic mass is 35.5. The van der Waals surface area contributed by atoms with Gasteiger partial charge in [0, 0.05) is 41.6 Å². The Labute approximate surface area is 218 Å². The van der Waals surface area contributed by atoms with Gasteiger partial charge in [0.1, 0.15) is 0 Å². The third kappa shape index (κ3) is 6.88. The predicted molar refractivity (Wildman–Crippen MR) is 148 cm³/mol. The number of amides is 2. The predicted octanol–water partition coefficient (Wildman–Crippen LogP) is 6.44. The molecule has 3 aromatic rings. The number of hydrogen-bond acceptors (Lipinski definition) is 3. The molecule has 1 aliphatic heterocycles. The second-order valence-electron chi connectivity index (χ2n) is 9.92. The van der Waals surface area contributed by atoms with Crippen molar-refractivity contribution in [2.45, 2.75) is 33.1 Å². The van der Waals surface area contributed by atoms with Crippen molar-refractivity contribution in [3.63, 3.8) is 0 Å². The quantitative estimate of drug-likeness (QED) is 0.372. The zero-order valence-electron chi connectivity index (χ0n) is 21.0. The molecule has 4 rings (SSSR count). The molecule has 0 radical (unpaired) electrons. The van der Waals surface area contributed by atoms with Crippen LogP contribution in [0.2, 0.25) is 5.02 Å². The molecule has 0 saturated carbocycles. The largest absolute Gasteiger partial charge is 0.371 e. The second kappa shape index (κ2) is 12.1. The summed E-state index contributed by atoms with van der Waals surface area (Å²) in [4.78, 5) is 28.2. The Hall–Kier alpha value is -3.31. The third-order valence-corrected chi connectivity index (χ3v) is 6.85. The first-order chi connectivity index (χ1) is 17.4. The van der Waals surface area contributed by atoms with Gasteiger partial charge in [0.05, 0.1) is 5.56 Å². The molecule has 3 aromatic carbocycles. The lowest BCUT2D eigenvalue weighted by Crippen LogP contribution is -2.36. The molecule has 0 bridgehead atoms. The van der Waals surface area contributed by atoms with E-state index < -0.39 is 0 Å². The molecule has 2 N–H and O–H groups in total. The molecule has 5 nitrogen and oxygen atoms in total. The van der Waals surface area contributed by atoms with Gasteiger partial charge in [-0.1, -0.05) is 55.8 Å². The first-order valence-electron chi connectivity index (χ1n) is 12.7. The van der Waals surface area contributed by atoms with Crippen LogP contribution >= 0.6 is 11.6 Å². The van der Waals surface area contributed by atoms with Crippen molar-refractivity contribution in [2.75, 3.05) is 29.9 Å². The SMILES string of the molecule is CC(C)CNC(=O)c1cc(NC(=O)c2ccc(Cl)cc2)ccc1N1CCC(Cc2ccccc2)CC1. The van der Waals surface area contributed by atoms with Crippen LogP contribution in [0.3, 0.4) is 0 Å². The zero-order valence-corrected chi connectivity index (χ0v) is 21.7. The average Bonchev–Trinajstić information content (AvgIpc) is 2.89. The van der Waals surface area contributed by atoms with E-state index in [0.717, 1.165) is 38.0 Å². The van der Waals surface area contributed by atoms with Crippen molar-refractivity contribution in [3.8, 4) is 0 Å². The first-order valence-corrected chi connectivity index (χ1v) is 13.0. The summed E-state index contributed by atoms with van der Waals surface area (Å²) in [5, 5.41) is 6.54. The summed E-state index contributed by atoms with van der Waals surface area (Å²) in [6.45, 7) is 6.54. The number of nitrogens with zero attached hydrogens (tertiary/aromatic N) is 1. The Morgan fingerprint density at radius 3 is 2.31 bits per heavy atom. The summed E-state index contributed by atoms with van der Waals surface area (Å²) in [5.41, 5.74) is 3.98. The molecule has 6 heteroatoms. The number of halogens is 1. The number of nitrogens with one attached hydrogen (secondary N) is 2. The van der Waals surface area contributed by atoms with Crippen molar-refractivity contribution >= 4 is 34.8 Å². The maximum Gasteiger partial charge on any atom is 0.255 e. The van der Waals surface area contributed by atoms with Crippen molar-refractivity contribution in [2.24, 2.45) is 11.8 Å². The summed E-state index contributed by atoms with van der Waals surface area (Å²) in [6, 6.07) is 23.0. The van der Waals surface area contributed by atoms with Gasteiger partial charge < -0.3 is 15.5 Å². The molecule has 36 heavy (non-hydrogen) atoms. The molecule has 0 spiro atoms. The molecule has 1 heterocycles. The Bertz CT molecular complexity index is 1170. The van der Waals surface area contributed by atoms with E-state index in [0.29, 0.717) is 40.2 Å². The summed E-state index contributed by atoms with van der Waals surface area (Å²) < 4.78 is 0.